The highest BCUT2D eigenvalue weighted by Crippen LogP contribution is 2.47. The number of rotatable bonds is 4. The minimum Gasteiger partial charge on any atom is -0.299 e. The van der Waals surface area contributed by atoms with Crippen LogP contribution in [0, 0.1) is 5.41 Å². The molecule has 0 radical (unpaired) electrons. The maximum absolute atomic E-state index is 11.1. The number of carbonyl (C=O) groups is 1. The van der Waals surface area contributed by atoms with Gasteiger partial charge in [0, 0.05) is 5.41 Å². The number of hydrogen-bond acceptors (Lipinski definition) is 1. The Morgan fingerprint density at radius 1 is 1.21 bits per heavy atom. The Labute approximate surface area is 87.2 Å². The number of allylic oxidation sites excluding steroid dienone is 5. The Morgan fingerprint density at radius 3 is 2.14 bits per heavy atom. The average molecular weight is 192 g/mol. The molecular weight excluding hydrogens is 172 g/mol. The second-order valence-corrected chi connectivity index (χ2v) is 3.19. The third-order valence-electron chi connectivity index (χ3n) is 2.26. The third kappa shape index (κ3) is 3.73. The summed E-state index contributed by atoms with van der Waals surface area (Å²) in [6, 6.07) is 0. The van der Waals surface area contributed by atoms with Crippen LogP contribution in [0.2, 0.25) is 0 Å². The van der Waals surface area contributed by atoms with E-state index in [4.69, 9.17) is 0 Å². The molecule has 1 rings (SSSR count). The lowest BCUT2D eigenvalue weighted by atomic mass is 10.0. The first-order valence-corrected chi connectivity index (χ1v) is 5.19. The normalized spacial score (nSPS) is 17.6. The van der Waals surface area contributed by atoms with Gasteiger partial charge < -0.3 is 0 Å². The minimum absolute atomic E-state index is 0.106. The van der Waals surface area contributed by atoms with Crippen molar-refractivity contribution in [2.45, 2.75) is 33.6 Å². The highest BCUT2D eigenvalue weighted by atomic mass is 16.1. The molecular formula is C13H20O. The second kappa shape index (κ2) is 6.36. The average Bonchev–Trinajstić information content (AvgIpc) is 2.97. The van der Waals surface area contributed by atoms with Gasteiger partial charge in [-0.15, -0.1) is 0 Å². The lowest BCUT2D eigenvalue weighted by Gasteiger charge is -2.01. The largest absolute Gasteiger partial charge is 0.299 e. The van der Waals surface area contributed by atoms with E-state index in [2.05, 4.69) is 6.58 Å². The fourth-order valence-corrected chi connectivity index (χ4v) is 1.15. The van der Waals surface area contributed by atoms with E-state index < -0.39 is 0 Å². The summed E-state index contributed by atoms with van der Waals surface area (Å²) in [5.74, 6) is 0.283. The van der Waals surface area contributed by atoms with Gasteiger partial charge in [-0.1, -0.05) is 50.8 Å². The third-order valence-corrected chi connectivity index (χ3v) is 2.26. The highest BCUT2D eigenvalue weighted by molar-refractivity contribution is 5.87. The monoisotopic (exact) mass is 192 g/mol. The summed E-state index contributed by atoms with van der Waals surface area (Å²) in [4.78, 5) is 11.1. The summed E-state index contributed by atoms with van der Waals surface area (Å²) in [6.07, 6.45) is 11.4. The van der Waals surface area contributed by atoms with E-state index in [0.717, 1.165) is 12.8 Å². The summed E-state index contributed by atoms with van der Waals surface area (Å²) in [5, 5.41) is 0. The van der Waals surface area contributed by atoms with Crippen molar-refractivity contribution >= 4 is 5.78 Å². The van der Waals surface area contributed by atoms with Crippen molar-refractivity contribution in [3.63, 3.8) is 0 Å². The van der Waals surface area contributed by atoms with Crippen molar-refractivity contribution in [2.24, 2.45) is 5.41 Å². The molecule has 78 valence electrons. The first kappa shape index (κ1) is 12.9. The van der Waals surface area contributed by atoms with E-state index in [1.54, 1.807) is 13.0 Å². The van der Waals surface area contributed by atoms with Crippen molar-refractivity contribution in [1.82, 2.24) is 0 Å². The van der Waals surface area contributed by atoms with E-state index >= 15 is 0 Å². The summed E-state index contributed by atoms with van der Waals surface area (Å²) >= 11 is 0. The zero-order valence-corrected chi connectivity index (χ0v) is 9.42. The highest BCUT2D eigenvalue weighted by Gasteiger charge is 2.44. The first-order valence-electron chi connectivity index (χ1n) is 5.19. The Balaban J connectivity index is 0.000000791. The van der Waals surface area contributed by atoms with Crippen molar-refractivity contribution in [3.05, 3.63) is 37.0 Å². The molecule has 0 aromatic carbocycles. The van der Waals surface area contributed by atoms with Gasteiger partial charge in [0.2, 0.25) is 0 Å². The Bertz CT molecular complexity index is 242. The van der Waals surface area contributed by atoms with Crippen LogP contribution in [0.4, 0.5) is 0 Å². The first-order chi connectivity index (χ1) is 6.71. The van der Waals surface area contributed by atoms with E-state index in [0.29, 0.717) is 0 Å². The molecule has 1 heteroatoms. The van der Waals surface area contributed by atoms with Crippen LogP contribution in [-0.2, 0) is 4.79 Å². The lowest BCUT2D eigenvalue weighted by Crippen LogP contribution is -2.07. The van der Waals surface area contributed by atoms with E-state index in [-0.39, 0.29) is 11.2 Å². The fourth-order valence-electron chi connectivity index (χ4n) is 1.15. The molecule has 0 aliphatic heterocycles. The van der Waals surface area contributed by atoms with Gasteiger partial charge in [-0.25, -0.2) is 0 Å². The van der Waals surface area contributed by atoms with Crippen molar-refractivity contribution in [2.75, 3.05) is 0 Å². The van der Waals surface area contributed by atoms with Crippen molar-refractivity contribution in [1.29, 1.82) is 0 Å². The Hall–Kier alpha value is -1.11. The molecule has 1 aliphatic carbocycles. The van der Waals surface area contributed by atoms with Crippen LogP contribution in [0.25, 0.3) is 0 Å². The van der Waals surface area contributed by atoms with Crippen LogP contribution in [0.1, 0.15) is 33.6 Å². The van der Waals surface area contributed by atoms with Gasteiger partial charge in [0.1, 0.15) is 5.78 Å². The Kier molecular flexibility index (Phi) is 5.86. The molecule has 1 aliphatic rings. The molecule has 0 atom stereocenters. The van der Waals surface area contributed by atoms with Gasteiger partial charge in [-0.05, 0) is 19.8 Å². The summed E-state index contributed by atoms with van der Waals surface area (Å²) in [6.45, 7) is 9.22. The maximum atomic E-state index is 11.1. The van der Waals surface area contributed by atoms with Gasteiger partial charge in [-0.3, -0.25) is 4.79 Å². The molecule has 0 saturated heterocycles. The number of hydrogen-bond donors (Lipinski definition) is 0. The number of ketones is 1. The van der Waals surface area contributed by atoms with E-state index in [9.17, 15) is 4.79 Å². The van der Waals surface area contributed by atoms with Gasteiger partial charge in [0.25, 0.3) is 0 Å². The molecule has 0 bridgehead atoms. The summed E-state index contributed by atoms with van der Waals surface area (Å²) < 4.78 is 0. The number of carbonyl (C=O) groups excluding carboxylic acids is 1. The Morgan fingerprint density at radius 2 is 1.79 bits per heavy atom. The molecule has 0 spiro atoms. The van der Waals surface area contributed by atoms with Gasteiger partial charge in [-0.2, -0.15) is 0 Å². The fraction of sp³-hybridized carbons (Fsp3) is 0.462. The standard InChI is InChI=1S/C11H14O.C2H6/c1-3-4-5-6-7-11(8-9-11)10(2)12;1-2/h3-7H,1,8-9H2,2H3;1-2H3/b5-4-,7-6+;. The molecule has 0 heterocycles. The van der Waals surface area contributed by atoms with Crippen LogP contribution < -0.4 is 0 Å². The van der Waals surface area contributed by atoms with Crippen LogP contribution in [0.5, 0.6) is 0 Å². The molecule has 1 saturated carbocycles. The SMILES string of the molecule is C=C/C=C\C=C\C1(C(C)=O)CC1.CC. The number of Topliss-reactive ketones (excluding diaryl/α,β-unsaturated/α-hetero) is 1. The molecule has 1 fully saturated rings. The summed E-state index contributed by atoms with van der Waals surface area (Å²) in [7, 11) is 0. The van der Waals surface area contributed by atoms with Gasteiger partial charge >= 0.3 is 0 Å². The van der Waals surface area contributed by atoms with Gasteiger partial charge in [0.05, 0.1) is 0 Å². The molecule has 0 amide bonds. The minimum atomic E-state index is -0.106. The molecule has 0 unspecified atom stereocenters. The van der Waals surface area contributed by atoms with Gasteiger partial charge in [0.15, 0.2) is 0 Å². The van der Waals surface area contributed by atoms with E-state index in [1.165, 1.54) is 0 Å². The molecule has 0 aromatic heterocycles. The van der Waals surface area contributed by atoms with Crippen LogP contribution in [-0.4, -0.2) is 5.78 Å². The predicted octanol–water partition coefficient (Wildman–Crippen LogP) is 3.68. The molecule has 0 aromatic rings. The zero-order valence-electron chi connectivity index (χ0n) is 9.42. The van der Waals surface area contributed by atoms with Crippen LogP contribution >= 0.6 is 0 Å². The molecule has 14 heavy (non-hydrogen) atoms. The molecule has 1 nitrogen and oxygen atoms in total. The lowest BCUT2D eigenvalue weighted by molar-refractivity contribution is -0.120. The van der Waals surface area contributed by atoms with Crippen LogP contribution in [0.3, 0.4) is 0 Å². The van der Waals surface area contributed by atoms with E-state index in [1.807, 2.05) is 38.2 Å². The van der Waals surface area contributed by atoms with Crippen molar-refractivity contribution in [3.8, 4) is 0 Å². The zero-order chi connectivity index (χ0) is 11.0. The second-order valence-electron chi connectivity index (χ2n) is 3.19. The molecule has 0 N–H and O–H groups in total. The van der Waals surface area contributed by atoms with Crippen LogP contribution in [0.15, 0.2) is 37.0 Å². The smallest absolute Gasteiger partial charge is 0.139 e. The van der Waals surface area contributed by atoms with Crippen molar-refractivity contribution < 1.29 is 4.79 Å². The summed E-state index contributed by atoms with van der Waals surface area (Å²) in [5.41, 5.74) is -0.106. The maximum Gasteiger partial charge on any atom is 0.139 e. The topological polar surface area (TPSA) is 17.1 Å². The predicted molar refractivity (Wildman–Crippen MR) is 62.2 cm³/mol. The quantitative estimate of drug-likeness (QED) is 0.621.